The second kappa shape index (κ2) is 14.9. The Hall–Kier alpha value is -3.55. The average Bonchev–Trinajstić information content (AvgIpc) is 3.38. The first-order chi connectivity index (χ1) is 19.9. The van der Waals surface area contributed by atoms with Crippen LogP contribution in [0.15, 0.2) is 60.7 Å². The van der Waals surface area contributed by atoms with Gasteiger partial charge < -0.3 is 14.6 Å². The second-order valence-electron chi connectivity index (χ2n) is 10.8. The highest BCUT2D eigenvalue weighted by Crippen LogP contribution is 2.35. The number of aliphatic hydroxyl groups excluding tert-OH is 1. The summed E-state index contributed by atoms with van der Waals surface area (Å²) in [6.45, 7) is 10.2. The molecule has 0 radical (unpaired) electrons. The minimum Gasteiger partial charge on any atom is -0.466 e. The summed E-state index contributed by atoms with van der Waals surface area (Å²) >= 11 is 0. The van der Waals surface area contributed by atoms with Crippen molar-refractivity contribution in [2.45, 2.75) is 85.0 Å². The highest BCUT2D eigenvalue weighted by molar-refractivity contribution is 5.80. The van der Waals surface area contributed by atoms with E-state index in [0.29, 0.717) is 13.2 Å². The Morgan fingerprint density at radius 1 is 0.976 bits per heavy atom. The fraction of sp³-hybridized carbons (Fsp3) is 0.441. The van der Waals surface area contributed by atoms with E-state index in [1.54, 1.807) is 6.92 Å². The molecule has 0 saturated heterocycles. The number of nitrogens with zero attached hydrogens (tertiary/aromatic N) is 3. The molecule has 4 rings (SSSR count). The summed E-state index contributed by atoms with van der Waals surface area (Å²) in [5.41, 5.74) is 7.96. The van der Waals surface area contributed by atoms with Gasteiger partial charge in [-0.3, -0.25) is 4.79 Å². The maximum absolute atomic E-state index is 12.6. The molecule has 41 heavy (non-hydrogen) atoms. The van der Waals surface area contributed by atoms with Gasteiger partial charge in [0.2, 0.25) is 0 Å². The van der Waals surface area contributed by atoms with Crippen LogP contribution in [0.5, 0.6) is 0 Å². The van der Waals surface area contributed by atoms with Crippen LogP contribution in [0, 0.1) is 13.8 Å². The number of carbonyl (C=O) groups excluding carboxylic acids is 1. The summed E-state index contributed by atoms with van der Waals surface area (Å²) in [5.74, 6) is -0.462. The summed E-state index contributed by atoms with van der Waals surface area (Å²) < 4.78 is 13.1. The number of hydrogen-bond acceptors (Lipinski definition) is 6. The van der Waals surface area contributed by atoms with Crippen LogP contribution in [0.2, 0.25) is 0 Å². The number of aliphatic hydroxyl groups is 1. The molecular weight excluding hydrogens is 514 g/mol. The van der Waals surface area contributed by atoms with Crippen molar-refractivity contribution in [3.8, 4) is 0 Å². The maximum atomic E-state index is 12.6. The van der Waals surface area contributed by atoms with Crippen molar-refractivity contribution in [2.24, 2.45) is 0 Å². The molecule has 1 unspecified atom stereocenters. The predicted molar refractivity (Wildman–Crippen MR) is 162 cm³/mol. The van der Waals surface area contributed by atoms with Gasteiger partial charge in [-0.2, -0.15) is 0 Å². The Labute approximate surface area is 243 Å². The van der Waals surface area contributed by atoms with E-state index in [0.717, 1.165) is 77.7 Å². The van der Waals surface area contributed by atoms with Crippen molar-refractivity contribution in [3.63, 3.8) is 0 Å². The highest BCUT2D eigenvalue weighted by atomic mass is 16.5. The van der Waals surface area contributed by atoms with E-state index in [-0.39, 0.29) is 18.3 Å². The smallest absolute Gasteiger partial charge is 0.306 e. The van der Waals surface area contributed by atoms with Gasteiger partial charge in [0.15, 0.2) is 0 Å². The topological polar surface area (TPSA) is 86.5 Å². The van der Waals surface area contributed by atoms with E-state index in [1.807, 2.05) is 61.9 Å². The second-order valence-corrected chi connectivity index (χ2v) is 10.8. The number of carbonyl (C=O) groups is 1. The third kappa shape index (κ3) is 8.02. The Morgan fingerprint density at radius 3 is 2.51 bits per heavy atom. The number of benzene rings is 3. The number of ether oxygens (including phenoxy) is 2. The number of hydrogen-bond donors (Lipinski definition) is 1. The number of aryl methyl sites for hydroxylation is 3. The van der Waals surface area contributed by atoms with E-state index in [4.69, 9.17) is 9.47 Å². The van der Waals surface area contributed by atoms with E-state index in [1.165, 1.54) is 5.56 Å². The molecule has 218 valence electrons. The molecule has 1 N–H and O–H groups in total. The van der Waals surface area contributed by atoms with Gasteiger partial charge in [-0.15, -0.1) is 5.10 Å². The molecule has 7 heteroatoms. The van der Waals surface area contributed by atoms with Gasteiger partial charge in [-0.1, -0.05) is 72.7 Å². The largest absolute Gasteiger partial charge is 0.466 e. The van der Waals surface area contributed by atoms with Crippen LogP contribution in [-0.4, -0.2) is 39.3 Å². The third-order valence-electron chi connectivity index (χ3n) is 7.71. The first-order valence-corrected chi connectivity index (χ1v) is 14.8. The Morgan fingerprint density at radius 2 is 1.76 bits per heavy atom. The summed E-state index contributed by atoms with van der Waals surface area (Å²) in [7, 11) is 0. The fourth-order valence-corrected chi connectivity index (χ4v) is 5.43. The van der Waals surface area contributed by atoms with Crippen LogP contribution >= 0.6 is 0 Å². The van der Waals surface area contributed by atoms with Crippen molar-refractivity contribution in [1.29, 1.82) is 0 Å². The standard InChI is InChI=1S/C34H43N3O4/c1-5-41-33(39)22-31(28-16-15-24(2)30(21-28)26(4)38)29-17-18-32-34(25(29)3)35-36-37(32)19-11-6-7-12-20-40-23-27-13-9-8-10-14-27/h8-10,13-18,21,26,31,38H,5-7,11-12,19-20,22-23H2,1-4H3/t26-,31?/m0/s1. The van der Waals surface area contributed by atoms with Crippen LogP contribution < -0.4 is 0 Å². The fourth-order valence-electron chi connectivity index (χ4n) is 5.43. The molecule has 7 nitrogen and oxygen atoms in total. The molecule has 0 aliphatic rings. The number of rotatable bonds is 15. The lowest BCUT2D eigenvalue weighted by atomic mass is 9.84. The maximum Gasteiger partial charge on any atom is 0.306 e. The van der Waals surface area contributed by atoms with Gasteiger partial charge in [-0.05, 0) is 80.0 Å². The predicted octanol–water partition coefficient (Wildman–Crippen LogP) is 6.96. The lowest BCUT2D eigenvalue weighted by molar-refractivity contribution is -0.143. The zero-order valence-corrected chi connectivity index (χ0v) is 24.8. The van der Waals surface area contributed by atoms with Crippen molar-refractivity contribution >= 4 is 17.0 Å². The summed E-state index contributed by atoms with van der Waals surface area (Å²) in [5, 5.41) is 19.3. The molecular formula is C34H43N3O4. The average molecular weight is 558 g/mol. The molecule has 0 aliphatic heterocycles. The van der Waals surface area contributed by atoms with Crippen LogP contribution in [0.4, 0.5) is 0 Å². The zero-order valence-electron chi connectivity index (χ0n) is 24.8. The van der Waals surface area contributed by atoms with Crippen molar-refractivity contribution in [3.05, 3.63) is 94.0 Å². The molecule has 0 saturated carbocycles. The lowest BCUT2D eigenvalue weighted by Crippen LogP contribution is -2.13. The summed E-state index contributed by atoms with van der Waals surface area (Å²) in [6.07, 6.45) is 3.91. The van der Waals surface area contributed by atoms with Gasteiger partial charge in [0, 0.05) is 19.1 Å². The SMILES string of the molecule is CCOC(=O)CC(c1ccc(C)c([C@H](C)O)c1)c1ccc2c(nnn2CCCCCCOCc2ccccc2)c1C. The van der Waals surface area contributed by atoms with Crippen LogP contribution in [0.25, 0.3) is 11.0 Å². The molecule has 0 spiro atoms. The Kier molecular flexibility index (Phi) is 11.0. The highest BCUT2D eigenvalue weighted by Gasteiger charge is 2.24. The van der Waals surface area contributed by atoms with Crippen LogP contribution in [0.3, 0.4) is 0 Å². The monoisotopic (exact) mass is 557 g/mol. The van der Waals surface area contributed by atoms with Crippen LogP contribution in [0.1, 0.15) is 91.4 Å². The number of fused-ring (bicyclic) bond motifs is 1. The molecule has 1 aromatic heterocycles. The quantitative estimate of drug-likeness (QED) is 0.126. The first kappa shape index (κ1) is 30.4. The van der Waals surface area contributed by atoms with Gasteiger partial charge in [0.05, 0.1) is 31.3 Å². The molecule has 0 aliphatic carbocycles. The van der Waals surface area contributed by atoms with Crippen LogP contribution in [-0.2, 0) is 27.4 Å². The number of esters is 1. The molecule has 3 aromatic carbocycles. The number of unbranched alkanes of at least 4 members (excludes halogenated alkanes) is 3. The van der Waals surface area contributed by atoms with E-state index in [2.05, 4.69) is 34.6 Å². The van der Waals surface area contributed by atoms with Gasteiger partial charge in [0.1, 0.15) is 5.52 Å². The molecule has 4 aromatic rings. The van der Waals surface area contributed by atoms with E-state index in [9.17, 15) is 9.90 Å². The lowest BCUT2D eigenvalue weighted by Gasteiger charge is -2.21. The van der Waals surface area contributed by atoms with Crippen molar-refractivity contribution in [1.82, 2.24) is 15.0 Å². The van der Waals surface area contributed by atoms with Crippen molar-refractivity contribution < 1.29 is 19.4 Å². The molecule has 2 atom stereocenters. The Balaban J connectivity index is 1.41. The molecule has 0 bridgehead atoms. The number of aromatic nitrogens is 3. The van der Waals surface area contributed by atoms with E-state index < -0.39 is 6.10 Å². The van der Waals surface area contributed by atoms with Crippen molar-refractivity contribution in [2.75, 3.05) is 13.2 Å². The summed E-state index contributed by atoms with van der Waals surface area (Å²) in [4.78, 5) is 12.6. The Bertz CT molecular complexity index is 1410. The van der Waals surface area contributed by atoms with Gasteiger partial charge >= 0.3 is 5.97 Å². The zero-order chi connectivity index (χ0) is 29.2. The normalized spacial score (nSPS) is 12.9. The first-order valence-electron chi connectivity index (χ1n) is 14.8. The third-order valence-corrected chi connectivity index (χ3v) is 7.71. The minimum absolute atomic E-state index is 0.214. The van der Waals surface area contributed by atoms with E-state index >= 15 is 0 Å². The molecule has 0 fully saturated rings. The van der Waals surface area contributed by atoms with Gasteiger partial charge in [-0.25, -0.2) is 4.68 Å². The van der Waals surface area contributed by atoms with Gasteiger partial charge in [0.25, 0.3) is 0 Å². The molecule has 1 heterocycles. The summed E-state index contributed by atoms with van der Waals surface area (Å²) in [6, 6.07) is 20.5. The molecule has 0 amide bonds. The minimum atomic E-state index is -0.594.